The van der Waals surface area contributed by atoms with E-state index in [-0.39, 0.29) is 50.4 Å². The van der Waals surface area contributed by atoms with Crippen LogP contribution in [0.15, 0.2) is 91.0 Å². The van der Waals surface area contributed by atoms with E-state index in [2.05, 4.69) is 28.1 Å². The van der Waals surface area contributed by atoms with Gasteiger partial charge >= 0.3 is 12.1 Å². The number of hydrogen-bond acceptors (Lipinski definition) is 7. The molecule has 48 heavy (non-hydrogen) atoms. The van der Waals surface area contributed by atoms with E-state index in [0.29, 0.717) is 19.3 Å². The molecule has 4 atom stereocenters. The van der Waals surface area contributed by atoms with Gasteiger partial charge in [-0.25, -0.2) is 9.59 Å². The summed E-state index contributed by atoms with van der Waals surface area (Å²) in [4.78, 5) is 52.5. The fourth-order valence-electron chi connectivity index (χ4n) is 6.21. The lowest BCUT2D eigenvalue weighted by Crippen LogP contribution is -2.47. The van der Waals surface area contributed by atoms with Crippen LogP contribution in [-0.2, 0) is 30.3 Å². The molecule has 252 valence electrons. The Labute approximate surface area is 280 Å². The van der Waals surface area contributed by atoms with Crippen molar-refractivity contribution in [1.29, 1.82) is 0 Å². The smallest absolute Gasteiger partial charge is 0.407 e. The molecule has 10 heteroatoms. The molecule has 5 rings (SSSR count). The highest BCUT2D eigenvalue weighted by molar-refractivity contribution is 5.86. The van der Waals surface area contributed by atoms with E-state index < -0.39 is 36.1 Å². The number of benzene rings is 3. The Kier molecular flexibility index (Phi) is 12.0. The van der Waals surface area contributed by atoms with E-state index in [1.165, 1.54) is 0 Å². The van der Waals surface area contributed by atoms with Gasteiger partial charge in [0.15, 0.2) is 0 Å². The molecule has 0 bridgehead atoms. The summed E-state index contributed by atoms with van der Waals surface area (Å²) in [5.74, 6) is -2.10. The Morgan fingerprint density at radius 1 is 0.958 bits per heavy atom. The Bertz CT molecular complexity index is 1560. The Morgan fingerprint density at radius 3 is 2.31 bits per heavy atom. The number of nitrogens with one attached hydrogen (secondary N) is 3. The van der Waals surface area contributed by atoms with Gasteiger partial charge in [0.2, 0.25) is 11.8 Å². The highest BCUT2D eigenvalue weighted by Gasteiger charge is 2.31. The third-order valence-corrected chi connectivity index (χ3v) is 8.71. The summed E-state index contributed by atoms with van der Waals surface area (Å²) in [5, 5.41) is 17.7. The largest absolute Gasteiger partial charge is 0.462 e. The SMILES string of the molecule is CC(CO)NC(=O)CC1CC=CCCC(NC(=O)OCC2c3ccccc3-c3ccccc32)C(=O)OCC(Cc2ccccc2)NC1=O. The average molecular weight is 654 g/mol. The van der Waals surface area contributed by atoms with Crippen LogP contribution >= 0.6 is 0 Å². The topological polar surface area (TPSA) is 143 Å². The molecule has 4 N–H and O–H groups in total. The predicted molar refractivity (Wildman–Crippen MR) is 181 cm³/mol. The molecule has 4 unspecified atom stereocenters. The second-order valence-corrected chi connectivity index (χ2v) is 12.4. The monoisotopic (exact) mass is 653 g/mol. The first-order valence-electron chi connectivity index (χ1n) is 16.5. The van der Waals surface area contributed by atoms with Crippen LogP contribution in [0.2, 0.25) is 0 Å². The molecule has 1 heterocycles. The van der Waals surface area contributed by atoms with Crippen molar-refractivity contribution in [2.24, 2.45) is 5.92 Å². The van der Waals surface area contributed by atoms with E-state index >= 15 is 0 Å². The van der Waals surface area contributed by atoms with Gasteiger partial charge in [0, 0.05) is 18.4 Å². The molecule has 3 amide bonds. The van der Waals surface area contributed by atoms with Crippen molar-refractivity contribution in [2.75, 3.05) is 19.8 Å². The van der Waals surface area contributed by atoms with Crippen LogP contribution in [0.1, 0.15) is 55.2 Å². The van der Waals surface area contributed by atoms with Crippen LogP contribution in [0.25, 0.3) is 11.1 Å². The maximum Gasteiger partial charge on any atom is 0.407 e. The van der Waals surface area contributed by atoms with Crippen LogP contribution in [0.5, 0.6) is 0 Å². The first-order chi connectivity index (χ1) is 23.3. The van der Waals surface area contributed by atoms with Gasteiger partial charge in [-0.3, -0.25) is 9.59 Å². The lowest BCUT2D eigenvalue weighted by molar-refractivity contribution is -0.147. The second kappa shape index (κ2) is 16.7. The van der Waals surface area contributed by atoms with E-state index in [1.807, 2.05) is 78.9 Å². The number of aliphatic hydroxyl groups is 1. The fraction of sp³-hybridized carbons (Fsp3) is 0.368. The molecule has 0 spiro atoms. The molecule has 0 saturated heterocycles. The predicted octanol–water partition coefficient (Wildman–Crippen LogP) is 4.41. The third kappa shape index (κ3) is 9.10. The summed E-state index contributed by atoms with van der Waals surface area (Å²) in [6.07, 6.45) is 4.21. The zero-order chi connectivity index (χ0) is 33.9. The summed E-state index contributed by atoms with van der Waals surface area (Å²) < 4.78 is 11.4. The maximum absolute atomic E-state index is 13.4. The molecule has 10 nitrogen and oxygen atoms in total. The number of aliphatic hydroxyl groups excluding tert-OH is 1. The minimum Gasteiger partial charge on any atom is -0.462 e. The van der Waals surface area contributed by atoms with Gasteiger partial charge < -0.3 is 30.5 Å². The zero-order valence-corrected chi connectivity index (χ0v) is 27.1. The molecule has 1 aliphatic carbocycles. The molecule has 0 aromatic heterocycles. The minimum absolute atomic E-state index is 0.0652. The van der Waals surface area contributed by atoms with Gasteiger partial charge in [0.05, 0.1) is 18.6 Å². The summed E-state index contributed by atoms with van der Waals surface area (Å²) >= 11 is 0. The van der Waals surface area contributed by atoms with Crippen molar-refractivity contribution in [3.05, 3.63) is 108 Å². The van der Waals surface area contributed by atoms with Crippen LogP contribution < -0.4 is 16.0 Å². The van der Waals surface area contributed by atoms with E-state index in [1.54, 1.807) is 6.92 Å². The number of amides is 3. The molecule has 1 aliphatic heterocycles. The average Bonchev–Trinajstić information content (AvgIpc) is 3.42. The quantitative estimate of drug-likeness (QED) is 0.198. The van der Waals surface area contributed by atoms with Gasteiger partial charge in [0.25, 0.3) is 0 Å². The zero-order valence-electron chi connectivity index (χ0n) is 27.1. The van der Waals surface area contributed by atoms with E-state index in [0.717, 1.165) is 27.8 Å². The van der Waals surface area contributed by atoms with Crippen molar-refractivity contribution in [1.82, 2.24) is 16.0 Å². The fourth-order valence-corrected chi connectivity index (χ4v) is 6.21. The van der Waals surface area contributed by atoms with Crippen LogP contribution in [0.3, 0.4) is 0 Å². The number of carbonyl (C=O) groups excluding carboxylic acids is 4. The molecule has 0 saturated carbocycles. The van der Waals surface area contributed by atoms with E-state index in [4.69, 9.17) is 9.47 Å². The van der Waals surface area contributed by atoms with Crippen molar-refractivity contribution < 1.29 is 33.8 Å². The van der Waals surface area contributed by atoms with Crippen LogP contribution in [0.4, 0.5) is 4.79 Å². The van der Waals surface area contributed by atoms with Crippen LogP contribution in [0, 0.1) is 5.92 Å². The number of fused-ring (bicyclic) bond motifs is 3. The highest BCUT2D eigenvalue weighted by Crippen LogP contribution is 2.44. The lowest BCUT2D eigenvalue weighted by Gasteiger charge is -2.24. The highest BCUT2D eigenvalue weighted by atomic mass is 16.6. The number of cyclic esters (lactones) is 1. The number of rotatable bonds is 9. The molecular formula is C38H43N3O7. The molecular weight excluding hydrogens is 610 g/mol. The Hall–Kier alpha value is -4.96. The van der Waals surface area contributed by atoms with Crippen LogP contribution in [-0.4, -0.2) is 66.9 Å². The lowest BCUT2D eigenvalue weighted by atomic mass is 9.97. The van der Waals surface area contributed by atoms with Crippen molar-refractivity contribution in [3.8, 4) is 11.1 Å². The number of hydrogen-bond donors (Lipinski definition) is 4. The number of ether oxygens (including phenoxy) is 2. The number of carbonyl (C=O) groups is 4. The number of allylic oxidation sites excluding steroid dienone is 2. The van der Waals surface area contributed by atoms with E-state index in [9.17, 15) is 24.3 Å². The standard InChI is InChI=1S/C38H43N3O7/c1-25(22-42)39-35(43)21-27-14-6-3-7-19-34(37(45)47-23-28(40-36(27)44)20-26-12-4-2-5-13-26)41-38(46)48-24-33-31-17-10-8-15-29(31)30-16-9-11-18-32(30)33/h2-6,8-13,15-18,25,27-28,33-34,42H,7,14,19-24H2,1H3,(H,39,43)(H,40,44)(H,41,46). The van der Waals surface area contributed by atoms with Crippen molar-refractivity contribution in [3.63, 3.8) is 0 Å². The molecule has 0 radical (unpaired) electrons. The normalized spacial score (nSPS) is 20.4. The van der Waals surface area contributed by atoms with Gasteiger partial charge in [-0.05, 0) is 60.4 Å². The molecule has 3 aromatic carbocycles. The van der Waals surface area contributed by atoms with Crippen molar-refractivity contribution in [2.45, 2.75) is 63.1 Å². The second-order valence-electron chi connectivity index (χ2n) is 12.4. The first-order valence-corrected chi connectivity index (χ1v) is 16.5. The van der Waals surface area contributed by atoms with Crippen molar-refractivity contribution >= 4 is 23.9 Å². The van der Waals surface area contributed by atoms with Gasteiger partial charge in [-0.15, -0.1) is 0 Å². The van der Waals surface area contributed by atoms with Gasteiger partial charge in [-0.1, -0.05) is 91.0 Å². The first kappa shape index (κ1) is 34.4. The Balaban J connectivity index is 1.26. The molecule has 3 aromatic rings. The third-order valence-electron chi connectivity index (χ3n) is 8.71. The summed E-state index contributed by atoms with van der Waals surface area (Å²) in [7, 11) is 0. The Morgan fingerprint density at radius 2 is 1.62 bits per heavy atom. The summed E-state index contributed by atoms with van der Waals surface area (Å²) in [6, 6.07) is 23.6. The number of esters is 1. The number of alkyl carbamates (subject to hydrolysis) is 1. The molecule has 2 aliphatic rings. The van der Waals surface area contributed by atoms with Gasteiger partial charge in [-0.2, -0.15) is 0 Å². The summed E-state index contributed by atoms with van der Waals surface area (Å²) in [5.41, 5.74) is 5.34. The summed E-state index contributed by atoms with van der Waals surface area (Å²) in [6.45, 7) is 1.45. The maximum atomic E-state index is 13.4. The molecule has 0 fully saturated rings. The minimum atomic E-state index is -0.972. The van der Waals surface area contributed by atoms with Gasteiger partial charge in [0.1, 0.15) is 19.3 Å².